The summed E-state index contributed by atoms with van der Waals surface area (Å²) in [5.74, 6) is -3.70. The van der Waals surface area contributed by atoms with E-state index in [-0.39, 0.29) is 22.0 Å². The summed E-state index contributed by atoms with van der Waals surface area (Å²) in [7, 11) is 0. The van der Waals surface area contributed by atoms with Crippen LogP contribution in [0, 0.1) is 17.2 Å². The van der Waals surface area contributed by atoms with Crippen molar-refractivity contribution in [3.63, 3.8) is 0 Å². The standard InChI is InChI=1S/C19H10ClF3N4O3/c20-12-5-4-10(8-24)15(7-12)25-9-14-16(28)26-18(30)27(17(14)29)13-3-1-2-11(6-13)19(21,22)23/h1-7,9,14H,(H,26,28,30)/t14-/m0/s1. The van der Waals surface area contributed by atoms with Crippen LogP contribution in [0.4, 0.5) is 29.3 Å². The van der Waals surface area contributed by atoms with Crippen molar-refractivity contribution in [1.82, 2.24) is 5.32 Å². The number of hydrogen-bond donors (Lipinski definition) is 1. The van der Waals surface area contributed by atoms with Crippen LogP contribution in [0.1, 0.15) is 11.1 Å². The fourth-order valence-electron chi connectivity index (χ4n) is 2.65. The van der Waals surface area contributed by atoms with Gasteiger partial charge in [-0.25, -0.2) is 9.69 Å². The molecule has 11 heteroatoms. The first-order chi connectivity index (χ1) is 14.1. The third-order valence-corrected chi connectivity index (χ3v) is 4.31. The highest BCUT2D eigenvalue weighted by molar-refractivity contribution is 6.33. The number of alkyl halides is 3. The minimum atomic E-state index is -4.69. The van der Waals surface area contributed by atoms with E-state index in [1.165, 1.54) is 18.2 Å². The first-order valence-corrected chi connectivity index (χ1v) is 8.59. The quantitative estimate of drug-likeness (QED) is 0.585. The Morgan fingerprint density at radius 3 is 2.57 bits per heavy atom. The van der Waals surface area contributed by atoms with Crippen molar-refractivity contribution in [2.24, 2.45) is 10.9 Å². The van der Waals surface area contributed by atoms with Gasteiger partial charge in [-0.15, -0.1) is 0 Å². The number of nitriles is 1. The number of hydrogen-bond acceptors (Lipinski definition) is 5. The second kappa shape index (κ2) is 7.96. The summed E-state index contributed by atoms with van der Waals surface area (Å²) in [6.45, 7) is 0. The normalized spacial score (nSPS) is 17.2. The van der Waals surface area contributed by atoms with E-state index < -0.39 is 35.5 Å². The molecule has 1 heterocycles. The van der Waals surface area contributed by atoms with Crippen LogP contribution in [0.2, 0.25) is 5.02 Å². The number of barbiturate groups is 1. The molecule has 30 heavy (non-hydrogen) atoms. The lowest BCUT2D eigenvalue weighted by molar-refractivity contribution is -0.138. The van der Waals surface area contributed by atoms with E-state index in [2.05, 4.69) is 4.99 Å². The maximum Gasteiger partial charge on any atom is 0.416 e. The Kier molecular flexibility index (Phi) is 5.58. The van der Waals surface area contributed by atoms with Gasteiger partial charge in [-0.2, -0.15) is 18.4 Å². The maximum atomic E-state index is 13.0. The summed E-state index contributed by atoms with van der Waals surface area (Å²) in [5, 5.41) is 11.3. The van der Waals surface area contributed by atoms with Crippen LogP contribution in [-0.2, 0) is 15.8 Å². The molecule has 1 aliphatic heterocycles. The third kappa shape index (κ3) is 4.16. The van der Waals surface area contributed by atoms with Crippen LogP contribution < -0.4 is 10.2 Å². The number of carbonyl (C=O) groups excluding carboxylic acids is 3. The van der Waals surface area contributed by atoms with Gasteiger partial charge in [0.1, 0.15) is 6.07 Å². The molecule has 0 bridgehead atoms. The number of anilines is 1. The fourth-order valence-corrected chi connectivity index (χ4v) is 2.81. The predicted molar refractivity (Wildman–Crippen MR) is 100 cm³/mol. The van der Waals surface area contributed by atoms with Crippen LogP contribution in [0.25, 0.3) is 0 Å². The van der Waals surface area contributed by atoms with Crippen molar-refractivity contribution in [3.8, 4) is 6.07 Å². The van der Waals surface area contributed by atoms with Crippen LogP contribution >= 0.6 is 11.6 Å². The third-order valence-electron chi connectivity index (χ3n) is 4.08. The fraction of sp³-hybridized carbons (Fsp3) is 0.105. The molecule has 1 aliphatic rings. The van der Waals surface area contributed by atoms with Gasteiger partial charge in [0.25, 0.3) is 5.91 Å². The van der Waals surface area contributed by atoms with Gasteiger partial charge in [-0.05, 0) is 36.4 Å². The lowest BCUT2D eigenvalue weighted by atomic mass is 10.0. The van der Waals surface area contributed by atoms with Crippen LogP contribution in [0.15, 0.2) is 47.5 Å². The maximum absolute atomic E-state index is 13.0. The lowest BCUT2D eigenvalue weighted by Crippen LogP contribution is -2.58. The largest absolute Gasteiger partial charge is 0.416 e. The summed E-state index contributed by atoms with van der Waals surface area (Å²) >= 11 is 5.85. The molecule has 0 aliphatic carbocycles. The summed E-state index contributed by atoms with van der Waals surface area (Å²) in [4.78, 5) is 41.3. The summed E-state index contributed by atoms with van der Waals surface area (Å²) < 4.78 is 38.9. The number of aliphatic imine (C=N–C) groups is 1. The highest BCUT2D eigenvalue weighted by Gasteiger charge is 2.41. The Balaban J connectivity index is 1.96. The van der Waals surface area contributed by atoms with Gasteiger partial charge in [0, 0.05) is 11.2 Å². The average molecular weight is 435 g/mol. The average Bonchev–Trinajstić information content (AvgIpc) is 2.67. The lowest BCUT2D eigenvalue weighted by Gasteiger charge is -2.28. The second-order valence-corrected chi connectivity index (χ2v) is 6.48. The number of carbonyl (C=O) groups is 3. The molecule has 7 nitrogen and oxygen atoms in total. The molecule has 2 aromatic carbocycles. The molecule has 1 saturated heterocycles. The van der Waals surface area contributed by atoms with Gasteiger partial charge in [0.05, 0.1) is 22.5 Å². The molecule has 3 rings (SSSR count). The highest BCUT2D eigenvalue weighted by Crippen LogP contribution is 2.32. The molecule has 0 unspecified atom stereocenters. The van der Waals surface area contributed by atoms with Crippen LogP contribution in [-0.4, -0.2) is 24.1 Å². The number of rotatable bonds is 3. The number of halogens is 4. The molecular formula is C19H10ClF3N4O3. The Bertz CT molecular complexity index is 1120. The van der Waals surface area contributed by atoms with Crippen LogP contribution in [0.3, 0.4) is 0 Å². The zero-order valence-electron chi connectivity index (χ0n) is 14.8. The number of nitrogens with zero attached hydrogens (tertiary/aromatic N) is 3. The van der Waals surface area contributed by atoms with Gasteiger partial charge in [-0.3, -0.25) is 19.9 Å². The van der Waals surface area contributed by atoms with Crippen molar-refractivity contribution < 1.29 is 27.6 Å². The highest BCUT2D eigenvalue weighted by atomic mass is 35.5. The van der Waals surface area contributed by atoms with Crippen molar-refractivity contribution >= 4 is 47.0 Å². The number of imide groups is 2. The molecule has 0 radical (unpaired) electrons. The molecule has 152 valence electrons. The molecule has 0 saturated carbocycles. The van der Waals surface area contributed by atoms with Crippen molar-refractivity contribution in [2.45, 2.75) is 6.18 Å². The minimum absolute atomic E-state index is 0.0770. The monoisotopic (exact) mass is 434 g/mol. The topological polar surface area (TPSA) is 103 Å². The van der Waals surface area contributed by atoms with E-state index in [9.17, 15) is 27.6 Å². The SMILES string of the molecule is N#Cc1ccc(Cl)cc1N=C[C@H]1C(=O)NC(=O)N(c2cccc(C(F)(F)F)c2)C1=O. The summed E-state index contributed by atoms with van der Waals surface area (Å²) in [6.07, 6.45) is -3.79. The zero-order chi connectivity index (χ0) is 22.1. The van der Waals surface area contributed by atoms with Gasteiger partial charge in [-0.1, -0.05) is 17.7 Å². The number of amides is 4. The van der Waals surface area contributed by atoms with E-state index in [0.717, 1.165) is 24.4 Å². The van der Waals surface area contributed by atoms with E-state index in [0.29, 0.717) is 11.0 Å². The number of benzene rings is 2. The Morgan fingerprint density at radius 2 is 1.90 bits per heavy atom. The second-order valence-electron chi connectivity index (χ2n) is 6.05. The van der Waals surface area contributed by atoms with E-state index in [1.807, 2.05) is 11.4 Å². The Morgan fingerprint density at radius 1 is 1.17 bits per heavy atom. The van der Waals surface area contributed by atoms with Crippen molar-refractivity contribution in [3.05, 3.63) is 58.6 Å². The zero-order valence-corrected chi connectivity index (χ0v) is 15.5. The van der Waals surface area contributed by atoms with Crippen LogP contribution in [0.5, 0.6) is 0 Å². The molecule has 2 aromatic rings. The first-order valence-electron chi connectivity index (χ1n) is 8.21. The molecule has 0 aromatic heterocycles. The van der Waals surface area contributed by atoms with Crippen molar-refractivity contribution in [2.75, 3.05) is 4.90 Å². The van der Waals surface area contributed by atoms with Gasteiger partial charge in [0.2, 0.25) is 5.91 Å². The van der Waals surface area contributed by atoms with E-state index in [1.54, 1.807) is 0 Å². The van der Waals surface area contributed by atoms with Gasteiger partial charge >= 0.3 is 12.2 Å². The number of urea groups is 1. The Labute approximate surface area is 172 Å². The smallest absolute Gasteiger partial charge is 0.276 e. The molecule has 4 amide bonds. The molecular weight excluding hydrogens is 425 g/mol. The van der Waals surface area contributed by atoms with E-state index in [4.69, 9.17) is 16.9 Å². The van der Waals surface area contributed by atoms with E-state index >= 15 is 0 Å². The molecule has 0 spiro atoms. The molecule has 1 fully saturated rings. The predicted octanol–water partition coefficient (Wildman–Crippen LogP) is 3.83. The summed E-state index contributed by atoms with van der Waals surface area (Å²) in [5.41, 5.74) is -1.24. The van der Waals surface area contributed by atoms with Gasteiger partial charge in [0.15, 0.2) is 5.92 Å². The first kappa shape index (κ1) is 21.0. The molecule has 1 N–H and O–H groups in total. The minimum Gasteiger partial charge on any atom is -0.276 e. The Hall–Kier alpha value is -3.71. The molecule has 1 atom stereocenters. The summed E-state index contributed by atoms with van der Waals surface area (Å²) in [6, 6.07) is 8.40. The van der Waals surface area contributed by atoms with Gasteiger partial charge < -0.3 is 0 Å². The van der Waals surface area contributed by atoms with Crippen molar-refractivity contribution in [1.29, 1.82) is 5.26 Å². The number of nitrogens with one attached hydrogen (secondary N) is 1.